The van der Waals surface area contributed by atoms with Gasteiger partial charge >= 0.3 is 0 Å². The number of halogens is 2. The van der Waals surface area contributed by atoms with E-state index in [1.165, 1.54) is 0 Å². The van der Waals surface area contributed by atoms with Gasteiger partial charge in [0.25, 0.3) is 0 Å². The molecule has 10 nitrogen and oxygen atoms in total. The number of likely N-dealkylation sites (N-methyl/N-ethyl adjacent to an activating group) is 2. The van der Waals surface area contributed by atoms with Gasteiger partial charge in [-0.1, -0.05) is 48.0 Å². The molecule has 0 spiro atoms. The maximum absolute atomic E-state index is 11.5. The number of alkyl halides is 2. The van der Waals surface area contributed by atoms with Crippen molar-refractivity contribution in [3.05, 3.63) is 184 Å². The molecule has 0 fully saturated rings. The van der Waals surface area contributed by atoms with Crippen molar-refractivity contribution in [3.8, 4) is 0 Å². The molecule has 8 bridgehead atoms. The van der Waals surface area contributed by atoms with Gasteiger partial charge in [0.15, 0.2) is 9.87 Å². The first kappa shape index (κ1) is 37.0. The largest absolute Gasteiger partial charge is 0.377 e. The van der Waals surface area contributed by atoms with Gasteiger partial charge in [0, 0.05) is 77.4 Å². The number of H-pyrrole nitrogens is 2. The van der Waals surface area contributed by atoms with Crippen LogP contribution in [0.5, 0.6) is 0 Å². The fourth-order valence-corrected chi connectivity index (χ4v) is 8.69. The number of nitrogens with one attached hydrogen (secondary N) is 4. The van der Waals surface area contributed by atoms with Crippen LogP contribution in [0.4, 0.5) is 11.4 Å². The molecular weight excluding hydrogens is 767 g/mol. The highest BCUT2D eigenvalue weighted by Gasteiger charge is 2.54. The summed E-state index contributed by atoms with van der Waals surface area (Å²) in [5.41, 5.74) is 10.6. The van der Waals surface area contributed by atoms with Crippen LogP contribution >= 0.6 is 23.2 Å². The highest BCUT2D eigenvalue weighted by atomic mass is 35.5. The number of aromatic nitrogens is 2. The molecule has 0 saturated heterocycles. The molecule has 9 rings (SSSR count). The van der Waals surface area contributed by atoms with Gasteiger partial charge in [-0.25, -0.2) is 4.99 Å². The first-order chi connectivity index (χ1) is 28.2. The third-order valence-electron chi connectivity index (χ3n) is 10.8. The molecule has 5 aliphatic heterocycles. The maximum Gasteiger partial charge on any atom is 0.211 e. The molecule has 0 radical (unpaired) electrons. The van der Waals surface area contributed by atoms with Crippen molar-refractivity contribution in [2.45, 2.75) is 9.87 Å². The van der Waals surface area contributed by atoms with Crippen LogP contribution in [0.1, 0.15) is 22.5 Å². The second-order valence-electron chi connectivity index (χ2n) is 14.6. The number of amides is 2. The third kappa shape index (κ3) is 6.40. The van der Waals surface area contributed by atoms with Crippen LogP contribution in [0.3, 0.4) is 0 Å². The Morgan fingerprint density at radius 2 is 1.38 bits per heavy atom. The molecule has 0 aliphatic carbocycles. The maximum atomic E-state index is 11.5. The van der Waals surface area contributed by atoms with E-state index >= 15 is 0 Å². The minimum atomic E-state index is -1.46. The lowest BCUT2D eigenvalue weighted by atomic mass is 9.85. The minimum absolute atomic E-state index is 0.629. The number of fused-ring (bicyclic) bond motifs is 6. The number of aliphatic imine (C=N–C) groups is 2. The molecule has 2 amide bonds. The number of nitrogens with zero attached hydrogens (tertiary/aromatic N) is 4. The van der Waals surface area contributed by atoms with Crippen LogP contribution in [0.2, 0.25) is 0 Å². The first-order valence-electron chi connectivity index (χ1n) is 18.8. The number of hydrogen-bond acceptors (Lipinski definition) is 6. The Hall–Kier alpha value is -6.62. The molecule has 4 N–H and O–H groups in total. The lowest BCUT2D eigenvalue weighted by Crippen LogP contribution is -2.42. The molecule has 288 valence electrons. The van der Waals surface area contributed by atoms with Gasteiger partial charge in [-0.05, 0) is 120 Å². The molecule has 12 heteroatoms. The number of carbonyl (C=O) groups is 2. The molecule has 2 aromatic carbocycles. The smallest absolute Gasteiger partial charge is 0.211 e. The highest BCUT2D eigenvalue weighted by Crippen LogP contribution is 2.54. The summed E-state index contributed by atoms with van der Waals surface area (Å²) in [5, 5.41) is 7.21. The summed E-state index contributed by atoms with van der Waals surface area (Å²) in [4.78, 5) is 42.5. The molecule has 2 atom stereocenters. The first-order valence-corrected chi connectivity index (χ1v) is 19.5. The van der Waals surface area contributed by atoms with Gasteiger partial charge in [0.1, 0.15) is 0 Å². The van der Waals surface area contributed by atoms with E-state index in [9.17, 15) is 9.59 Å². The number of anilines is 2. The summed E-state index contributed by atoms with van der Waals surface area (Å²) in [5.74, 6) is 0. The average Bonchev–Trinajstić information content (AvgIpc) is 4.06. The van der Waals surface area contributed by atoms with Crippen molar-refractivity contribution >= 4 is 75.5 Å². The molecule has 7 heterocycles. The second kappa shape index (κ2) is 14.7. The lowest BCUT2D eigenvalue weighted by Gasteiger charge is -2.39. The number of allylic oxidation sites excluding steroid dienone is 6. The van der Waals surface area contributed by atoms with Crippen molar-refractivity contribution < 1.29 is 9.59 Å². The summed E-state index contributed by atoms with van der Waals surface area (Å²) in [6.45, 7) is 1.35. The van der Waals surface area contributed by atoms with Crippen molar-refractivity contribution in [2.75, 3.05) is 37.8 Å². The van der Waals surface area contributed by atoms with E-state index in [1.807, 2.05) is 123 Å². The Morgan fingerprint density at radius 3 is 2.03 bits per heavy atom. The standard InChI is InChI=1S/C46H38Cl2N8O2/c1-55-21-16-29(17-22-55)42-35-9-10-36(51-35)43(30-5-3-7-33(25-30)49-27-57)37-11-12-38(52-37)44(31-6-4-8-34(26-31)50-28-58)39-13-14-41(53-39)46(48,32-18-23-56(2)24-19-32)45(47)20-15-40(42)54-45/h3-21,23,25-28,51,53H,22,24H2,1-2H3,(H,49,57)(H,50,58). The van der Waals surface area contributed by atoms with Crippen molar-refractivity contribution in [2.24, 2.45) is 9.98 Å². The second-order valence-corrected chi connectivity index (χ2v) is 15.7. The minimum Gasteiger partial charge on any atom is -0.377 e. The third-order valence-corrected chi connectivity index (χ3v) is 12.1. The number of hydrogen-bond donors (Lipinski definition) is 4. The van der Waals surface area contributed by atoms with Gasteiger partial charge in [0.05, 0.1) is 17.1 Å². The van der Waals surface area contributed by atoms with E-state index in [4.69, 9.17) is 33.2 Å². The number of benzene rings is 2. The molecule has 4 aromatic rings. The van der Waals surface area contributed by atoms with Gasteiger partial charge in [0.2, 0.25) is 12.8 Å². The van der Waals surface area contributed by atoms with E-state index in [0.717, 1.165) is 55.4 Å². The van der Waals surface area contributed by atoms with Gasteiger partial charge in [-0.15, -0.1) is 11.6 Å². The van der Waals surface area contributed by atoms with Crippen molar-refractivity contribution in [3.63, 3.8) is 0 Å². The molecule has 2 unspecified atom stereocenters. The summed E-state index contributed by atoms with van der Waals surface area (Å²) in [7, 11) is 4.04. The fourth-order valence-electron chi connectivity index (χ4n) is 7.97. The zero-order chi connectivity index (χ0) is 40.0. The van der Waals surface area contributed by atoms with Crippen molar-refractivity contribution in [1.82, 2.24) is 19.8 Å². The predicted molar refractivity (Wildman–Crippen MR) is 234 cm³/mol. The summed E-state index contributed by atoms with van der Waals surface area (Å²) in [6, 6.07) is 23.3. The van der Waals surface area contributed by atoms with Gasteiger partial charge in [-0.3, -0.25) is 14.6 Å². The fraction of sp³-hybridized carbons (Fsp3) is 0.130. The monoisotopic (exact) mass is 804 g/mol. The van der Waals surface area contributed by atoms with Crippen LogP contribution in [-0.4, -0.2) is 76.2 Å². The van der Waals surface area contributed by atoms with E-state index in [2.05, 4.69) is 54.8 Å². The molecule has 0 saturated carbocycles. The van der Waals surface area contributed by atoms with E-state index in [0.29, 0.717) is 60.1 Å². The molecule has 5 aliphatic rings. The average molecular weight is 806 g/mol. The van der Waals surface area contributed by atoms with Gasteiger partial charge < -0.3 is 30.4 Å². The summed E-state index contributed by atoms with van der Waals surface area (Å²) in [6.07, 6.45) is 21.5. The predicted octanol–water partition coefficient (Wildman–Crippen LogP) is 6.46. The normalized spacial score (nSPS) is 22.2. The zero-order valence-electron chi connectivity index (χ0n) is 31.6. The molecule has 2 aromatic heterocycles. The zero-order valence-corrected chi connectivity index (χ0v) is 33.1. The van der Waals surface area contributed by atoms with Crippen molar-refractivity contribution in [1.29, 1.82) is 0 Å². The van der Waals surface area contributed by atoms with Crippen LogP contribution in [0, 0.1) is 0 Å². The van der Waals surface area contributed by atoms with E-state index in [-0.39, 0.29) is 0 Å². The summed E-state index contributed by atoms with van der Waals surface area (Å²) < 4.78 is 0. The Balaban J connectivity index is 1.39. The summed E-state index contributed by atoms with van der Waals surface area (Å²) >= 11 is 15.8. The number of aromatic amines is 2. The molecular formula is C46H38Cl2N8O2. The van der Waals surface area contributed by atoms with Crippen LogP contribution in [-0.2, 0) is 14.5 Å². The SMILES string of the molecule is CN1C=CC(C2=c3ccc([nH]3)=C(c3cccc(NC=O)c3)C3=NC(=C(c4cccc(NC=O)c4)c4ccc([nH]4)C(Cl)(C4=CCN(C)C=C4)C4(Cl)C=CC2=N4)C=C3)=CC1. The Labute approximate surface area is 345 Å². The van der Waals surface area contributed by atoms with Crippen LogP contribution in [0.25, 0.3) is 16.7 Å². The number of carbonyl (C=O) groups excluding carboxylic acids is 2. The topological polar surface area (TPSA) is 121 Å². The van der Waals surface area contributed by atoms with Gasteiger partial charge in [-0.2, -0.15) is 0 Å². The Bertz CT molecular complexity index is 2810. The number of rotatable bonds is 8. The van der Waals surface area contributed by atoms with Crippen LogP contribution in [0.15, 0.2) is 161 Å². The van der Waals surface area contributed by atoms with Crippen LogP contribution < -0.4 is 21.3 Å². The quantitative estimate of drug-likeness (QED) is 0.0929. The Kier molecular flexibility index (Phi) is 9.38. The van der Waals surface area contributed by atoms with E-state index in [1.54, 1.807) is 0 Å². The van der Waals surface area contributed by atoms with E-state index < -0.39 is 9.87 Å². The Morgan fingerprint density at radius 1 is 0.707 bits per heavy atom. The molecule has 58 heavy (non-hydrogen) atoms. The highest BCUT2D eigenvalue weighted by molar-refractivity contribution is 6.41. The lowest BCUT2D eigenvalue weighted by molar-refractivity contribution is -0.106.